The molecule has 0 amide bonds. The zero-order valence-electron chi connectivity index (χ0n) is 19.6. The van der Waals surface area contributed by atoms with Gasteiger partial charge in [-0.1, -0.05) is 72.8 Å². The van der Waals surface area contributed by atoms with Gasteiger partial charge in [0.25, 0.3) is 0 Å². The van der Waals surface area contributed by atoms with E-state index in [0.717, 1.165) is 24.0 Å². The van der Waals surface area contributed by atoms with Crippen LogP contribution in [0.2, 0.25) is 0 Å². The number of carboxylic acid groups (broad SMARTS) is 1. The Morgan fingerprint density at radius 2 is 1.74 bits per heavy atom. The third-order valence-corrected chi connectivity index (χ3v) is 7.04. The summed E-state index contributed by atoms with van der Waals surface area (Å²) in [6, 6.07) is 29.2. The van der Waals surface area contributed by atoms with Crippen molar-refractivity contribution in [3.8, 4) is 0 Å². The van der Waals surface area contributed by atoms with E-state index in [1.807, 2.05) is 12.1 Å². The lowest BCUT2D eigenvalue weighted by molar-refractivity contribution is 0.0696. The molecule has 4 aromatic rings. The highest BCUT2D eigenvalue weighted by Crippen LogP contribution is 2.40. The minimum atomic E-state index is -0.883. The zero-order valence-corrected chi connectivity index (χ0v) is 19.6. The predicted molar refractivity (Wildman–Crippen MR) is 138 cm³/mol. The first-order valence-electron chi connectivity index (χ1n) is 11.8. The van der Waals surface area contributed by atoms with Crippen LogP contribution >= 0.6 is 0 Å². The van der Waals surface area contributed by atoms with Gasteiger partial charge in [0.1, 0.15) is 0 Å². The first-order valence-corrected chi connectivity index (χ1v) is 11.8. The number of carbonyl (C=O) groups is 1. The van der Waals surface area contributed by atoms with Crippen molar-refractivity contribution in [2.24, 2.45) is 0 Å². The highest BCUT2D eigenvalue weighted by molar-refractivity contribution is 5.88. The molecule has 0 spiro atoms. The number of benzene rings is 4. The van der Waals surface area contributed by atoms with Gasteiger partial charge in [0.05, 0.1) is 5.56 Å². The number of hydrogen-bond acceptors (Lipinski definition) is 2. The highest BCUT2D eigenvalue weighted by atomic mass is 16.4. The standard InChI is InChI=1S/C31H29NO2/c1-20-14-15-25(31(33)34)18-29(20)30-17-22(16-24-9-4-6-12-28(24)30)19-32-21(2)26-13-7-10-23-8-3-5-11-27(23)26/h3-15,18-19,21,30,32H,16-17H2,1-2H3,(H,33,34)/b22-19-/t21-,30?/m1/s1. The van der Waals surface area contributed by atoms with Gasteiger partial charge in [0.2, 0.25) is 0 Å². The Kier molecular flexibility index (Phi) is 5.93. The van der Waals surface area contributed by atoms with Crippen molar-refractivity contribution in [1.82, 2.24) is 5.32 Å². The molecule has 4 aromatic carbocycles. The molecule has 2 N–H and O–H groups in total. The van der Waals surface area contributed by atoms with Crippen molar-refractivity contribution in [1.29, 1.82) is 0 Å². The van der Waals surface area contributed by atoms with Crippen molar-refractivity contribution >= 4 is 16.7 Å². The number of rotatable bonds is 5. The van der Waals surface area contributed by atoms with E-state index in [2.05, 4.69) is 92.1 Å². The summed E-state index contributed by atoms with van der Waals surface area (Å²) >= 11 is 0. The second-order valence-corrected chi connectivity index (χ2v) is 9.27. The summed E-state index contributed by atoms with van der Waals surface area (Å²) in [5.74, 6) is -0.739. The van der Waals surface area contributed by atoms with Gasteiger partial charge in [0, 0.05) is 12.0 Å². The van der Waals surface area contributed by atoms with Gasteiger partial charge in [-0.15, -0.1) is 0 Å². The van der Waals surface area contributed by atoms with Crippen LogP contribution in [-0.2, 0) is 6.42 Å². The minimum absolute atomic E-state index is 0.144. The van der Waals surface area contributed by atoms with Crippen LogP contribution < -0.4 is 5.32 Å². The Morgan fingerprint density at radius 3 is 2.59 bits per heavy atom. The second-order valence-electron chi connectivity index (χ2n) is 9.27. The van der Waals surface area contributed by atoms with Crippen LogP contribution in [-0.4, -0.2) is 11.1 Å². The predicted octanol–water partition coefficient (Wildman–Crippen LogP) is 7.16. The molecule has 0 bridgehead atoms. The summed E-state index contributed by atoms with van der Waals surface area (Å²) in [6.07, 6.45) is 3.96. The SMILES string of the molecule is Cc1ccc(C(=O)O)cc1C1C/C(=C\N[C@H](C)c2cccc3ccccc23)Cc2ccccc21. The average molecular weight is 448 g/mol. The van der Waals surface area contributed by atoms with Gasteiger partial charge in [-0.25, -0.2) is 4.79 Å². The molecule has 1 aliphatic carbocycles. The van der Waals surface area contributed by atoms with Crippen LogP contribution in [0.1, 0.15) is 63.5 Å². The van der Waals surface area contributed by atoms with Gasteiger partial charge >= 0.3 is 5.97 Å². The average Bonchev–Trinajstić information content (AvgIpc) is 2.86. The van der Waals surface area contributed by atoms with E-state index < -0.39 is 5.97 Å². The van der Waals surface area contributed by atoms with Crippen LogP contribution in [0.25, 0.3) is 10.8 Å². The van der Waals surface area contributed by atoms with Gasteiger partial charge in [0.15, 0.2) is 0 Å². The van der Waals surface area contributed by atoms with Crippen LogP contribution in [0.3, 0.4) is 0 Å². The minimum Gasteiger partial charge on any atom is -0.478 e. The smallest absolute Gasteiger partial charge is 0.335 e. The number of nitrogens with one attached hydrogen (secondary N) is 1. The Balaban J connectivity index is 1.47. The van der Waals surface area contributed by atoms with E-state index in [1.54, 1.807) is 6.07 Å². The van der Waals surface area contributed by atoms with Gasteiger partial charge in [-0.3, -0.25) is 0 Å². The zero-order chi connectivity index (χ0) is 23.7. The quantitative estimate of drug-likeness (QED) is 0.341. The van der Waals surface area contributed by atoms with E-state index in [9.17, 15) is 9.90 Å². The molecular weight excluding hydrogens is 418 g/mol. The maximum Gasteiger partial charge on any atom is 0.335 e. The molecule has 3 nitrogen and oxygen atoms in total. The molecule has 0 fully saturated rings. The summed E-state index contributed by atoms with van der Waals surface area (Å²) in [5.41, 5.74) is 7.79. The van der Waals surface area contributed by atoms with Crippen molar-refractivity contribution in [2.45, 2.75) is 38.6 Å². The first kappa shape index (κ1) is 22.0. The molecule has 170 valence electrons. The molecule has 0 radical (unpaired) electrons. The lowest BCUT2D eigenvalue weighted by atomic mass is 9.75. The Labute approximate surface area is 200 Å². The summed E-state index contributed by atoms with van der Waals surface area (Å²) in [5, 5.41) is 15.7. The molecule has 0 saturated carbocycles. The van der Waals surface area contributed by atoms with Crippen molar-refractivity contribution in [3.05, 3.63) is 130 Å². The van der Waals surface area contributed by atoms with E-state index in [0.29, 0.717) is 5.56 Å². The summed E-state index contributed by atoms with van der Waals surface area (Å²) in [6.45, 7) is 4.27. The maximum atomic E-state index is 11.6. The van der Waals surface area contributed by atoms with Crippen molar-refractivity contribution in [3.63, 3.8) is 0 Å². The molecule has 0 aromatic heterocycles. The maximum absolute atomic E-state index is 11.6. The number of allylic oxidation sites excluding steroid dienone is 1. The number of aromatic carboxylic acids is 1. The lowest BCUT2D eigenvalue weighted by Gasteiger charge is -2.30. The number of carboxylic acids is 1. The van der Waals surface area contributed by atoms with E-state index in [1.165, 1.54) is 33.0 Å². The number of fused-ring (bicyclic) bond motifs is 2. The van der Waals surface area contributed by atoms with Crippen LogP contribution in [0, 0.1) is 6.92 Å². The van der Waals surface area contributed by atoms with Crippen LogP contribution in [0.4, 0.5) is 0 Å². The van der Waals surface area contributed by atoms with Gasteiger partial charge in [-0.05, 0) is 89.2 Å². The van der Waals surface area contributed by atoms with E-state index in [4.69, 9.17) is 0 Å². The molecule has 2 atom stereocenters. The van der Waals surface area contributed by atoms with E-state index >= 15 is 0 Å². The van der Waals surface area contributed by atoms with Crippen molar-refractivity contribution in [2.75, 3.05) is 0 Å². The second kappa shape index (κ2) is 9.18. The van der Waals surface area contributed by atoms with Gasteiger partial charge in [-0.2, -0.15) is 0 Å². The van der Waals surface area contributed by atoms with Crippen molar-refractivity contribution < 1.29 is 9.90 Å². The molecule has 1 unspecified atom stereocenters. The lowest BCUT2D eigenvalue weighted by Crippen LogP contribution is -2.18. The summed E-state index contributed by atoms with van der Waals surface area (Å²) < 4.78 is 0. The molecule has 0 saturated heterocycles. The molecule has 0 heterocycles. The third kappa shape index (κ3) is 4.22. The third-order valence-electron chi connectivity index (χ3n) is 7.04. The fourth-order valence-corrected chi connectivity index (χ4v) is 5.22. The number of hydrogen-bond donors (Lipinski definition) is 2. The molecule has 5 rings (SSSR count). The molecule has 1 aliphatic rings. The highest BCUT2D eigenvalue weighted by Gasteiger charge is 2.26. The molecule has 0 aliphatic heterocycles. The monoisotopic (exact) mass is 447 g/mol. The summed E-state index contributed by atoms with van der Waals surface area (Å²) in [7, 11) is 0. The van der Waals surface area contributed by atoms with Crippen LogP contribution in [0.15, 0.2) is 96.7 Å². The fourth-order valence-electron chi connectivity index (χ4n) is 5.22. The largest absolute Gasteiger partial charge is 0.478 e. The normalized spacial score (nSPS) is 17.4. The van der Waals surface area contributed by atoms with Gasteiger partial charge < -0.3 is 10.4 Å². The first-order chi connectivity index (χ1) is 16.5. The van der Waals surface area contributed by atoms with Crippen LogP contribution in [0.5, 0.6) is 0 Å². The molecule has 34 heavy (non-hydrogen) atoms. The molecular formula is C31H29NO2. The Bertz CT molecular complexity index is 1400. The Morgan fingerprint density at radius 1 is 0.971 bits per heavy atom. The van der Waals surface area contributed by atoms with E-state index in [-0.39, 0.29) is 12.0 Å². The summed E-state index contributed by atoms with van der Waals surface area (Å²) in [4.78, 5) is 11.6. The molecule has 3 heteroatoms. The Hall–Kier alpha value is -3.85. The topological polar surface area (TPSA) is 49.3 Å². The number of aryl methyl sites for hydroxylation is 1. The fraction of sp³-hybridized carbons (Fsp3) is 0.194.